The topological polar surface area (TPSA) is 61.5 Å². The fourth-order valence-electron chi connectivity index (χ4n) is 2.40. The highest BCUT2D eigenvalue weighted by molar-refractivity contribution is 5.75. The Morgan fingerprint density at radius 2 is 2.12 bits per heavy atom. The molecule has 2 N–H and O–H groups in total. The van der Waals surface area contributed by atoms with Crippen molar-refractivity contribution in [2.75, 3.05) is 13.7 Å². The average Bonchev–Trinajstić information content (AvgIpc) is 2.36. The molecule has 1 aliphatic rings. The van der Waals surface area contributed by atoms with Crippen LogP contribution in [0.25, 0.3) is 0 Å². The van der Waals surface area contributed by atoms with Gasteiger partial charge in [-0.05, 0) is 38.0 Å². The van der Waals surface area contributed by atoms with Gasteiger partial charge in [0.25, 0.3) is 0 Å². The fraction of sp³-hybridized carbons (Fsp3) is 0.923. The molecule has 0 bridgehead atoms. The van der Waals surface area contributed by atoms with Crippen LogP contribution in [0.15, 0.2) is 0 Å². The molecule has 3 atom stereocenters. The summed E-state index contributed by atoms with van der Waals surface area (Å²) in [5, 5.41) is 0. The van der Waals surface area contributed by atoms with E-state index in [2.05, 4.69) is 6.92 Å². The lowest BCUT2D eigenvalue weighted by Gasteiger charge is -2.31. The zero-order valence-electron chi connectivity index (χ0n) is 11.0. The standard InChI is InChI=1S/C13H25NO3/c1-3-10-6-4-5-7-12(10)17-13(15)11(14)8-9-16-2/h10-12H,3-9,14H2,1-2H3. The minimum Gasteiger partial charge on any atom is -0.461 e. The Morgan fingerprint density at radius 3 is 2.76 bits per heavy atom. The number of hydrogen-bond donors (Lipinski definition) is 1. The first-order valence-corrected chi connectivity index (χ1v) is 6.64. The molecule has 100 valence electrons. The number of nitrogens with two attached hydrogens (primary N) is 1. The Hall–Kier alpha value is -0.610. The molecular formula is C13H25NO3. The lowest BCUT2D eigenvalue weighted by atomic mass is 9.85. The van der Waals surface area contributed by atoms with Gasteiger partial charge in [-0.2, -0.15) is 0 Å². The van der Waals surface area contributed by atoms with E-state index in [9.17, 15) is 4.79 Å². The van der Waals surface area contributed by atoms with Crippen LogP contribution in [-0.2, 0) is 14.3 Å². The minimum absolute atomic E-state index is 0.0786. The summed E-state index contributed by atoms with van der Waals surface area (Å²) < 4.78 is 10.4. The fourth-order valence-corrected chi connectivity index (χ4v) is 2.40. The first-order chi connectivity index (χ1) is 8.19. The van der Waals surface area contributed by atoms with Crippen molar-refractivity contribution in [3.63, 3.8) is 0 Å². The lowest BCUT2D eigenvalue weighted by molar-refractivity contribution is -0.155. The van der Waals surface area contributed by atoms with E-state index < -0.39 is 6.04 Å². The molecule has 0 aromatic carbocycles. The van der Waals surface area contributed by atoms with E-state index in [-0.39, 0.29) is 12.1 Å². The molecule has 0 amide bonds. The van der Waals surface area contributed by atoms with Crippen molar-refractivity contribution in [1.82, 2.24) is 0 Å². The van der Waals surface area contributed by atoms with Crippen molar-refractivity contribution in [3.05, 3.63) is 0 Å². The smallest absolute Gasteiger partial charge is 0.323 e. The number of methoxy groups -OCH3 is 1. The quantitative estimate of drug-likeness (QED) is 0.723. The molecule has 17 heavy (non-hydrogen) atoms. The summed E-state index contributed by atoms with van der Waals surface area (Å²) in [5.41, 5.74) is 5.75. The molecule has 0 saturated heterocycles. The van der Waals surface area contributed by atoms with Crippen LogP contribution in [0.5, 0.6) is 0 Å². The van der Waals surface area contributed by atoms with Gasteiger partial charge in [0.05, 0.1) is 0 Å². The highest BCUT2D eigenvalue weighted by Crippen LogP contribution is 2.29. The molecular weight excluding hydrogens is 218 g/mol. The van der Waals surface area contributed by atoms with E-state index in [4.69, 9.17) is 15.2 Å². The van der Waals surface area contributed by atoms with Crippen LogP contribution in [0.4, 0.5) is 0 Å². The zero-order valence-corrected chi connectivity index (χ0v) is 11.0. The summed E-state index contributed by atoms with van der Waals surface area (Å²) in [6, 6.07) is -0.547. The summed E-state index contributed by atoms with van der Waals surface area (Å²) in [5.74, 6) is 0.245. The molecule has 4 heteroatoms. The highest BCUT2D eigenvalue weighted by atomic mass is 16.5. The Labute approximate surface area is 104 Å². The van der Waals surface area contributed by atoms with Crippen LogP contribution in [0.1, 0.15) is 45.4 Å². The van der Waals surface area contributed by atoms with E-state index in [1.807, 2.05) is 0 Å². The van der Waals surface area contributed by atoms with E-state index in [0.717, 1.165) is 19.3 Å². The molecule has 0 aromatic heterocycles. The van der Waals surface area contributed by atoms with Crippen molar-refractivity contribution in [3.8, 4) is 0 Å². The number of hydrogen-bond acceptors (Lipinski definition) is 4. The minimum atomic E-state index is -0.547. The van der Waals surface area contributed by atoms with Crippen LogP contribution in [0.2, 0.25) is 0 Å². The van der Waals surface area contributed by atoms with Gasteiger partial charge in [-0.15, -0.1) is 0 Å². The lowest BCUT2D eigenvalue weighted by Crippen LogP contribution is -2.38. The summed E-state index contributed by atoms with van der Waals surface area (Å²) >= 11 is 0. The van der Waals surface area contributed by atoms with Crippen molar-refractivity contribution < 1.29 is 14.3 Å². The molecule has 0 aliphatic heterocycles. The van der Waals surface area contributed by atoms with Gasteiger partial charge in [-0.1, -0.05) is 13.3 Å². The summed E-state index contributed by atoms with van der Waals surface area (Å²) in [6.07, 6.45) is 6.24. The first kappa shape index (κ1) is 14.5. The van der Waals surface area contributed by atoms with E-state index in [1.54, 1.807) is 7.11 Å². The molecule has 0 aromatic rings. The van der Waals surface area contributed by atoms with Gasteiger partial charge in [-0.25, -0.2) is 0 Å². The third kappa shape index (κ3) is 4.64. The molecule has 1 fully saturated rings. The van der Waals surface area contributed by atoms with Gasteiger partial charge < -0.3 is 15.2 Å². The summed E-state index contributed by atoms with van der Waals surface area (Å²) in [4.78, 5) is 11.8. The van der Waals surface area contributed by atoms with Gasteiger partial charge in [0.15, 0.2) is 0 Å². The van der Waals surface area contributed by atoms with Gasteiger partial charge in [0.2, 0.25) is 0 Å². The predicted molar refractivity (Wildman–Crippen MR) is 66.6 cm³/mol. The van der Waals surface area contributed by atoms with Crippen molar-refractivity contribution in [2.45, 2.75) is 57.6 Å². The first-order valence-electron chi connectivity index (χ1n) is 6.64. The second-order valence-electron chi connectivity index (χ2n) is 4.82. The monoisotopic (exact) mass is 243 g/mol. The largest absolute Gasteiger partial charge is 0.461 e. The van der Waals surface area contributed by atoms with Gasteiger partial charge in [-0.3, -0.25) is 4.79 Å². The molecule has 1 rings (SSSR count). The van der Waals surface area contributed by atoms with E-state index >= 15 is 0 Å². The predicted octanol–water partition coefficient (Wildman–Crippen LogP) is 1.86. The SMILES string of the molecule is CCC1CCCCC1OC(=O)C(N)CCOC. The summed E-state index contributed by atoms with van der Waals surface area (Å²) in [7, 11) is 1.60. The van der Waals surface area contributed by atoms with Crippen LogP contribution in [0, 0.1) is 5.92 Å². The van der Waals surface area contributed by atoms with E-state index in [1.165, 1.54) is 12.8 Å². The van der Waals surface area contributed by atoms with Crippen LogP contribution >= 0.6 is 0 Å². The third-order valence-corrected chi connectivity index (χ3v) is 3.57. The highest BCUT2D eigenvalue weighted by Gasteiger charge is 2.28. The number of esters is 1. The maximum atomic E-state index is 11.8. The van der Waals surface area contributed by atoms with Crippen molar-refractivity contribution >= 4 is 5.97 Å². The Bertz CT molecular complexity index is 233. The number of carbonyl (C=O) groups is 1. The van der Waals surface area contributed by atoms with Crippen molar-refractivity contribution in [2.24, 2.45) is 11.7 Å². The Morgan fingerprint density at radius 1 is 1.41 bits per heavy atom. The van der Waals surface area contributed by atoms with Crippen LogP contribution in [0.3, 0.4) is 0 Å². The molecule has 1 saturated carbocycles. The zero-order chi connectivity index (χ0) is 12.7. The Kier molecular flexibility index (Phi) is 6.52. The average molecular weight is 243 g/mol. The molecule has 1 aliphatic carbocycles. The maximum absolute atomic E-state index is 11.8. The second-order valence-corrected chi connectivity index (χ2v) is 4.82. The second kappa shape index (κ2) is 7.67. The molecule has 0 radical (unpaired) electrons. The number of ether oxygens (including phenoxy) is 2. The van der Waals surface area contributed by atoms with Crippen LogP contribution in [-0.4, -0.2) is 31.8 Å². The molecule has 4 nitrogen and oxygen atoms in total. The third-order valence-electron chi connectivity index (χ3n) is 3.57. The number of rotatable bonds is 6. The van der Waals surface area contributed by atoms with Gasteiger partial charge >= 0.3 is 5.97 Å². The number of carbonyl (C=O) groups excluding carboxylic acids is 1. The molecule has 3 unspecified atom stereocenters. The normalized spacial score (nSPS) is 26.5. The molecule has 0 heterocycles. The van der Waals surface area contributed by atoms with Crippen LogP contribution < -0.4 is 5.73 Å². The summed E-state index contributed by atoms with van der Waals surface area (Å²) in [6.45, 7) is 2.65. The van der Waals surface area contributed by atoms with Gasteiger partial charge in [0, 0.05) is 13.7 Å². The van der Waals surface area contributed by atoms with E-state index in [0.29, 0.717) is 18.9 Å². The van der Waals surface area contributed by atoms with Gasteiger partial charge in [0.1, 0.15) is 12.1 Å². The maximum Gasteiger partial charge on any atom is 0.323 e. The Balaban J connectivity index is 2.37. The van der Waals surface area contributed by atoms with Crippen molar-refractivity contribution in [1.29, 1.82) is 0 Å². The molecule has 0 spiro atoms.